The molecular weight excluding hydrogens is 428 g/mol. The van der Waals surface area contributed by atoms with Crippen molar-refractivity contribution in [1.29, 1.82) is 0 Å². The van der Waals surface area contributed by atoms with E-state index in [0.717, 1.165) is 50.7 Å². The Balaban J connectivity index is 1.40. The van der Waals surface area contributed by atoms with E-state index in [1.807, 2.05) is 17.0 Å². The lowest BCUT2D eigenvalue weighted by Gasteiger charge is -2.27. The van der Waals surface area contributed by atoms with Gasteiger partial charge in [-0.15, -0.1) is 0 Å². The van der Waals surface area contributed by atoms with E-state index in [9.17, 15) is 4.79 Å². The maximum Gasteiger partial charge on any atom is 0.270 e. The smallest absolute Gasteiger partial charge is 0.270 e. The standard InChI is InChI=1S/C22H26N6O5/c1-30-18-16(32-10-2-6-27-8-11-31-12-9-27)4-3-14-17(18)26-21(28-7-5-24-20(14)28)22-25-15(13-33-22)19(23)29/h3-4,13H,2,5-12H2,1H3,(H2,23,29). The molecule has 0 atom stereocenters. The van der Waals surface area contributed by atoms with Crippen LogP contribution in [0, 0.1) is 0 Å². The van der Waals surface area contributed by atoms with Crippen LogP contribution in [0.15, 0.2) is 32.8 Å². The molecule has 1 aromatic heterocycles. The number of carbonyl (C=O) groups is 1. The third kappa shape index (κ3) is 4.16. The van der Waals surface area contributed by atoms with E-state index in [1.54, 1.807) is 7.11 Å². The van der Waals surface area contributed by atoms with Gasteiger partial charge in [0.2, 0.25) is 0 Å². The fourth-order valence-electron chi connectivity index (χ4n) is 4.15. The monoisotopic (exact) mass is 454 g/mol. The maximum atomic E-state index is 11.5. The molecule has 0 radical (unpaired) electrons. The van der Waals surface area contributed by atoms with Crippen molar-refractivity contribution in [1.82, 2.24) is 14.8 Å². The van der Waals surface area contributed by atoms with Gasteiger partial charge in [0, 0.05) is 31.7 Å². The van der Waals surface area contributed by atoms with Crippen LogP contribution in [0.1, 0.15) is 28.4 Å². The number of amides is 1. The number of oxazole rings is 1. The molecule has 1 fully saturated rings. The normalized spacial score (nSPS) is 17.8. The summed E-state index contributed by atoms with van der Waals surface area (Å²) in [5.74, 6) is 1.87. The number of nitrogens with zero attached hydrogens (tertiary/aromatic N) is 5. The Labute approximate surface area is 190 Å². The molecule has 2 aromatic rings. The van der Waals surface area contributed by atoms with Crippen molar-refractivity contribution in [2.24, 2.45) is 15.7 Å². The van der Waals surface area contributed by atoms with Crippen LogP contribution >= 0.6 is 0 Å². The van der Waals surface area contributed by atoms with Gasteiger partial charge in [0.1, 0.15) is 17.8 Å². The van der Waals surface area contributed by atoms with Crippen LogP contribution in [-0.4, -0.2) is 92.0 Å². The van der Waals surface area contributed by atoms with Crippen molar-refractivity contribution in [2.45, 2.75) is 6.42 Å². The predicted molar refractivity (Wildman–Crippen MR) is 120 cm³/mol. The minimum atomic E-state index is -0.664. The van der Waals surface area contributed by atoms with Crippen molar-refractivity contribution in [2.75, 3.05) is 59.7 Å². The molecular formula is C22H26N6O5. The van der Waals surface area contributed by atoms with Gasteiger partial charge in [0.25, 0.3) is 11.8 Å². The molecule has 33 heavy (non-hydrogen) atoms. The lowest BCUT2D eigenvalue weighted by molar-refractivity contribution is 0.0357. The van der Waals surface area contributed by atoms with Gasteiger partial charge in [0.15, 0.2) is 23.0 Å². The highest BCUT2D eigenvalue weighted by atomic mass is 16.5. The number of nitrogens with two attached hydrogens (primary N) is 1. The molecule has 1 aromatic carbocycles. The van der Waals surface area contributed by atoms with Crippen LogP contribution in [0.4, 0.5) is 5.69 Å². The SMILES string of the molecule is COc1c(OCCCN2CCOCC2)ccc2c1N=C(c1nc(C(N)=O)co1)N1CCN=C21. The molecule has 3 aliphatic heterocycles. The summed E-state index contributed by atoms with van der Waals surface area (Å²) < 4.78 is 22.7. The summed E-state index contributed by atoms with van der Waals surface area (Å²) >= 11 is 0. The second-order valence-electron chi connectivity index (χ2n) is 7.84. The number of fused-ring (bicyclic) bond motifs is 3. The molecule has 0 saturated carbocycles. The Morgan fingerprint density at radius 3 is 2.82 bits per heavy atom. The van der Waals surface area contributed by atoms with Gasteiger partial charge in [-0.1, -0.05) is 0 Å². The molecule has 1 saturated heterocycles. The van der Waals surface area contributed by atoms with E-state index in [-0.39, 0.29) is 11.6 Å². The lowest BCUT2D eigenvalue weighted by atomic mass is 10.1. The van der Waals surface area contributed by atoms with E-state index >= 15 is 0 Å². The number of benzene rings is 1. The Hall–Kier alpha value is -3.44. The van der Waals surface area contributed by atoms with Crippen molar-refractivity contribution in [3.05, 3.63) is 35.5 Å². The number of carbonyl (C=O) groups excluding carboxylic acids is 1. The summed E-state index contributed by atoms with van der Waals surface area (Å²) in [6, 6.07) is 3.83. The highest BCUT2D eigenvalue weighted by Crippen LogP contribution is 2.43. The molecule has 2 N–H and O–H groups in total. The summed E-state index contributed by atoms with van der Waals surface area (Å²) in [6.45, 7) is 6.23. The molecule has 0 unspecified atom stereocenters. The minimum Gasteiger partial charge on any atom is -0.491 e. The number of amidine groups is 2. The topological polar surface area (TPSA) is 128 Å². The molecule has 0 bridgehead atoms. The van der Waals surface area contributed by atoms with E-state index in [2.05, 4.69) is 14.9 Å². The second-order valence-corrected chi connectivity index (χ2v) is 7.84. The fraction of sp³-hybridized carbons (Fsp3) is 0.455. The van der Waals surface area contributed by atoms with Gasteiger partial charge in [-0.3, -0.25) is 14.7 Å². The van der Waals surface area contributed by atoms with Crippen molar-refractivity contribution in [3.63, 3.8) is 0 Å². The summed E-state index contributed by atoms with van der Waals surface area (Å²) in [5.41, 5.74) is 6.80. The molecule has 1 amide bonds. The van der Waals surface area contributed by atoms with Crippen molar-refractivity contribution < 1.29 is 23.4 Å². The summed E-state index contributed by atoms with van der Waals surface area (Å²) in [6.07, 6.45) is 2.12. The van der Waals surface area contributed by atoms with Gasteiger partial charge >= 0.3 is 0 Å². The summed E-state index contributed by atoms with van der Waals surface area (Å²) in [7, 11) is 1.59. The number of rotatable bonds is 8. The Morgan fingerprint density at radius 1 is 1.21 bits per heavy atom. The van der Waals surface area contributed by atoms with Gasteiger partial charge in [-0.05, 0) is 18.6 Å². The lowest BCUT2D eigenvalue weighted by Crippen LogP contribution is -2.38. The highest BCUT2D eigenvalue weighted by molar-refractivity contribution is 6.20. The first-order valence-corrected chi connectivity index (χ1v) is 11.0. The number of hydrogen-bond donors (Lipinski definition) is 1. The van der Waals surface area contributed by atoms with E-state index in [1.165, 1.54) is 6.26 Å². The summed E-state index contributed by atoms with van der Waals surface area (Å²) in [4.78, 5) is 29.4. The predicted octanol–water partition coefficient (Wildman–Crippen LogP) is 1.04. The molecule has 174 valence electrons. The number of methoxy groups -OCH3 is 1. The zero-order valence-corrected chi connectivity index (χ0v) is 18.5. The van der Waals surface area contributed by atoms with Crippen LogP contribution in [0.3, 0.4) is 0 Å². The maximum absolute atomic E-state index is 11.5. The Kier molecular flexibility index (Phi) is 5.97. The molecule has 11 nitrogen and oxygen atoms in total. The van der Waals surface area contributed by atoms with Gasteiger partial charge in [-0.2, -0.15) is 0 Å². The van der Waals surface area contributed by atoms with Gasteiger partial charge in [-0.25, -0.2) is 9.98 Å². The Morgan fingerprint density at radius 2 is 2.06 bits per heavy atom. The minimum absolute atomic E-state index is 0.0421. The third-order valence-corrected chi connectivity index (χ3v) is 5.78. The van der Waals surface area contributed by atoms with E-state index in [0.29, 0.717) is 42.7 Å². The zero-order chi connectivity index (χ0) is 22.8. The molecule has 11 heteroatoms. The number of ether oxygens (including phenoxy) is 3. The highest BCUT2D eigenvalue weighted by Gasteiger charge is 2.35. The van der Waals surface area contributed by atoms with Gasteiger partial charge in [0.05, 0.1) is 33.5 Å². The van der Waals surface area contributed by atoms with Gasteiger partial charge < -0.3 is 29.3 Å². The molecule has 0 spiro atoms. The number of aliphatic imine (C=N–C) groups is 2. The van der Waals surface area contributed by atoms with Crippen LogP contribution in [0.5, 0.6) is 11.5 Å². The van der Waals surface area contributed by atoms with Crippen LogP contribution < -0.4 is 15.2 Å². The van der Waals surface area contributed by atoms with Crippen LogP contribution in [-0.2, 0) is 4.74 Å². The van der Waals surface area contributed by atoms with Crippen LogP contribution in [0.25, 0.3) is 0 Å². The van der Waals surface area contributed by atoms with E-state index in [4.69, 9.17) is 29.4 Å². The Bertz CT molecular complexity index is 1100. The van der Waals surface area contributed by atoms with Crippen molar-refractivity contribution >= 4 is 23.3 Å². The number of primary amides is 1. The fourth-order valence-corrected chi connectivity index (χ4v) is 4.15. The summed E-state index contributed by atoms with van der Waals surface area (Å²) in [5, 5.41) is 0. The van der Waals surface area contributed by atoms with Crippen LogP contribution in [0.2, 0.25) is 0 Å². The first-order chi connectivity index (χ1) is 16.2. The molecule has 0 aliphatic carbocycles. The quantitative estimate of drug-likeness (QED) is 0.586. The first-order valence-electron chi connectivity index (χ1n) is 11.0. The van der Waals surface area contributed by atoms with Crippen molar-refractivity contribution in [3.8, 4) is 11.5 Å². The molecule has 5 rings (SSSR count). The number of aromatic nitrogens is 1. The number of hydrogen-bond acceptors (Lipinski definition) is 10. The largest absolute Gasteiger partial charge is 0.491 e. The molecule has 3 aliphatic rings. The average Bonchev–Trinajstić information content (AvgIpc) is 3.52. The molecule has 4 heterocycles. The second kappa shape index (κ2) is 9.20. The van der Waals surface area contributed by atoms with E-state index < -0.39 is 5.91 Å². The average molecular weight is 454 g/mol. The number of morpholine rings is 1. The first kappa shape index (κ1) is 21.4. The third-order valence-electron chi connectivity index (χ3n) is 5.78. The zero-order valence-electron chi connectivity index (χ0n) is 18.5.